The molecule has 9 heavy (non-hydrogen) atoms. The van der Waals surface area contributed by atoms with Crippen molar-refractivity contribution in [2.24, 2.45) is 0 Å². The van der Waals surface area contributed by atoms with Crippen LogP contribution >= 0.6 is 0 Å². The molecule has 0 fully saturated rings. The molecule has 1 nitrogen and oxygen atoms in total. The van der Waals surface area contributed by atoms with Crippen LogP contribution in [0.3, 0.4) is 0 Å². The summed E-state index contributed by atoms with van der Waals surface area (Å²) < 4.78 is 7.19. The number of benzene rings is 1. The van der Waals surface area contributed by atoms with Crippen molar-refractivity contribution in [3.63, 3.8) is 0 Å². The van der Waals surface area contributed by atoms with Crippen LogP contribution in [0.5, 0.6) is 0 Å². The van der Waals surface area contributed by atoms with Crippen molar-refractivity contribution in [1.82, 2.24) is 0 Å². The zero-order valence-electron chi connectivity index (χ0n) is 5.95. The van der Waals surface area contributed by atoms with E-state index in [-0.39, 0.29) is 0 Å². The fourth-order valence-corrected chi connectivity index (χ4v) is 0.643. The van der Waals surface area contributed by atoms with Gasteiger partial charge in [-0.15, -0.1) is 0 Å². The van der Waals surface area contributed by atoms with Crippen molar-refractivity contribution < 1.29 is 6.17 Å². The highest BCUT2D eigenvalue weighted by molar-refractivity contribution is 5.54. The average Bonchev–Trinajstić information content (AvgIpc) is 2.05. The third-order valence-electron chi connectivity index (χ3n) is 1.06. The molecule has 0 heterocycles. The number of aldehydes is 1. The van der Waals surface area contributed by atoms with Gasteiger partial charge in [-0.2, -0.15) is 0 Å². The van der Waals surface area contributed by atoms with Gasteiger partial charge in [0.1, 0.15) is 6.29 Å². The Bertz CT molecular complexity index is 208. The molecule has 0 N–H and O–H groups in total. The van der Waals surface area contributed by atoms with E-state index < -0.39 is 6.40 Å². The van der Waals surface area contributed by atoms with E-state index in [9.17, 15) is 4.79 Å². The van der Waals surface area contributed by atoms with Gasteiger partial charge in [-0.1, -0.05) is 30.3 Å². The van der Waals surface area contributed by atoms with Crippen molar-refractivity contribution in [2.45, 2.75) is 6.40 Å². The van der Waals surface area contributed by atoms with E-state index in [4.69, 9.17) is 1.37 Å². The molecule has 1 atom stereocenters. The summed E-state index contributed by atoms with van der Waals surface area (Å²) in [6.07, 6.45) is -0.101. The molecule has 1 heteroatoms. The fourth-order valence-electron chi connectivity index (χ4n) is 0.643. The second-order valence-corrected chi connectivity index (χ2v) is 1.71. The normalized spacial score (nSPS) is 14.0. The lowest BCUT2D eigenvalue weighted by molar-refractivity contribution is -0.107. The first kappa shape index (κ1) is 4.74. The SMILES string of the molecule is [2H]C(C=O)c1ccccc1. The van der Waals surface area contributed by atoms with Crippen molar-refractivity contribution >= 4 is 6.29 Å². The summed E-state index contributed by atoms with van der Waals surface area (Å²) in [5.74, 6) is 0. The Balaban J connectivity index is 2.84. The molecule has 0 aromatic heterocycles. The Labute approximate surface area is 55.7 Å². The van der Waals surface area contributed by atoms with Gasteiger partial charge in [0.25, 0.3) is 0 Å². The molecule has 1 aromatic carbocycles. The minimum atomic E-state index is -0.721. The van der Waals surface area contributed by atoms with Gasteiger partial charge in [0.05, 0.1) is 0 Å². The molecular weight excluding hydrogens is 112 g/mol. The van der Waals surface area contributed by atoms with Gasteiger partial charge in [-0.05, 0) is 5.56 Å². The van der Waals surface area contributed by atoms with Crippen molar-refractivity contribution in [3.05, 3.63) is 35.9 Å². The minimum absolute atomic E-state index is 0.620. The highest BCUT2D eigenvalue weighted by Crippen LogP contribution is 1.96. The molecule has 0 aliphatic heterocycles. The minimum Gasteiger partial charge on any atom is -0.303 e. The van der Waals surface area contributed by atoms with E-state index in [0.717, 1.165) is 5.56 Å². The fraction of sp³-hybridized carbons (Fsp3) is 0.125. The average molecular weight is 121 g/mol. The molecule has 46 valence electrons. The second kappa shape index (κ2) is 3.02. The van der Waals surface area contributed by atoms with E-state index in [1.54, 1.807) is 12.1 Å². The Hall–Kier alpha value is -1.11. The van der Waals surface area contributed by atoms with Crippen molar-refractivity contribution in [2.75, 3.05) is 0 Å². The van der Waals surface area contributed by atoms with Crippen LogP contribution in [0, 0.1) is 0 Å². The Morgan fingerprint density at radius 1 is 1.44 bits per heavy atom. The summed E-state index contributed by atoms with van der Waals surface area (Å²) in [4.78, 5) is 10.1. The maximum absolute atomic E-state index is 10.1. The smallest absolute Gasteiger partial charge is 0.124 e. The standard InChI is InChI=1S/C8H8O/c9-7-6-8-4-2-1-3-5-8/h1-5,7H,6H2/i6D. The first-order valence-electron chi connectivity index (χ1n) is 3.35. The number of carbonyl (C=O) groups excluding carboxylic acids is 1. The van der Waals surface area contributed by atoms with Gasteiger partial charge >= 0.3 is 0 Å². The third-order valence-corrected chi connectivity index (χ3v) is 1.06. The van der Waals surface area contributed by atoms with E-state index in [0.29, 0.717) is 6.29 Å². The van der Waals surface area contributed by atoms with Gasteiger partial charge in [0.15, 0.2) is 0 Å². The quantitative estimate of drug-likeness (QED) is 0.541. The third kappa shape index (κ3) is 1.68. The molecule has 0 saturated carbocycles. The van der Waals surface area contributed by atoms with Gasteiger partial charge < -0.3 is 4.79 Å². The molecule has 1 unspecified atom stereocenters. The lowest BCUT2D eigenvalue weighted by Crippen LogP contribution is -1.82. The van der Waals surface area contributed by atoms with Crippen LogP contribution in [-0.2, 0) is 11.2 Å². The molecule has 1 aromatic rings. The molecule has 0 saturated heterocycles. The summed E-state index contributed by atoms with van der Waals surface area (Å²) >= 11 is 0. The van der Waals surface area contributed by atoms with Gasteiger partial charge in [-0.3, -0.25) is 0 Å². The van der Waals surface area contributed by atoms with Gasteiger partial charge in [-0.25, -0.2) is 0 Å². The number of rotatable bonds is 2. The van der Waals surface area contributed by atoms with Crippen LogP contribution in [0.2, 0.25) is 0 Å². The summed E-state index contributed by atoms with van der Waals surface area (Å²) in [6.45, 7) is 0. The predicted octanol–water partition coefficient (Wildman–Crippen LogP) is 1.43. The number of hydrogen-bond donors (Lipinski definition) is 0. The summed E-state index contributed by atoms with van der Waals surface area (Å²) in [6, 6.07) is 9.04. The molecule has 0 aliphatic rings. The maximum atomic E-state index is 10.1. The Kier molecular flexibility index (Phi) is 1.59. The lowest BCUT2D eigenvalue weighted by atomic mass is 10.2. The molecular formula is C8H8O. The monoisotopic (exact) mass is 121 g/mol. The number of hydrogen-bond acceptors (Lipinski definition) is 1. The van der Waals surface area contributed by atoms with Crippen LogP contribution in [0.4, 0.5) is 0 Å². The zero-order valence-corrected chi connectivity index (χ0v) is 4.95. The summed E-state index contributed by atoms with van der Waals surface area (Å²) in [5.41, 5.74) is 0.748. The zero-order chi connectivity index (χ0) is 7.40. The maximum Gasteiger partial charge on any atom is 0.124 e. The van der Waals surface area contributed by atoms with E-state index in [2.05, 4.69) is 0 Å². The van der Waals surface area contributed by atoms with E-state index >= 15 is 0 Å². The molecule has 0 bridgehead atoms. The molecule has 0 spiro atoms. The van der Waals surface area contributed by atoms with Crippen molar-refractivity contribution in [3.8, 4) is 0 Å². The molecule has 0 amide bonds. The van der Waals surface area contributed by atoms with Gasteiger partial charge in [0, 0.05) is 7.77 Å². The van der Waals surface area contributed by atoms with E-state index in [1.165, 1.54) is 0 Å². The largest absolute Gasteiger partial charge is 0.303 e. The number of carbonyl (C=O) groups is 1. The molecule has 0 aliphatic carbocycles. The van der Waals surface area contributed by atoms with Gasteiger partial charge in [0.2, 0.25) is 0 Å². The first-order chi connectivity index (χ1) is 4.84. The highest BCUT2D eigenvalue weighted by Gasteiger charge is 1.84. The second-order valence-electron chi connectivity index (χ2n) is 1.71. The van der Waals surface area contributed by atoms with Crippen LogP contribution in [0.25, 0.3) is 0 Å². The van der Waals surface area contributed by atoms with E-state index in [1.807, 2.05) is 18.2 Å². The predicted molar refractivity (Wildman–Crippen MR) is 36.2 cm³/mol. The lowest BCUT2D eigenvalue weighted by Gasteiger charge is -1.89. The highest BCUT2D eigenvalue weighted by atomic mass is 16.1. The first-order valence-corrected chi connectivity index (χ1v) is 2.77. The van der Waals surface area contributed by atoms with Crippen LogP contribution in [0.15, 0.2) is 30.3 Å². The topological polar surface area (TPSA) is 17.1 Å². The molecule has 1 rings (SSSR count). The summed E-state index contributed by atoms with van der Waals surface area (Å²) in [7, 11) is 0. The molecule has 0 radical (unpaired) electrons. The van der Waals surface area contributed by atoms with Crippen LogP contribution in [0.1, 0.15) is 6.93 Å². The summed E-state index contributed by atoms with van der Waals surface area (Å²) in [5, 5.41) is 0. The van der Waals surface area contributed by atoms with Crippen LogP contribution in [-0.4, -0.2) is 6.29 Å². The van der Waals surface area contributed by atoms with Crippen LogP contribution < -0.4 is 0 Å². The Morgan fingerprint density at radius 3 is 2.67 bits per heavy atom. The van der Waals surface area contributed by atoms with Crippen molar-refractivity contribution in [1.29, 1.82) is 0 Å². The Morgan fingerprint density at radius 2 is 2.11 bits per heavy atom.